The van der Waals surface area contributed by atoms with Gasteiger partial charge in [0.1, 0.15) is 11.8 Å². The quantitative estimate of drug-likeness (QED) is 0.748. The molecule has 3 aromatic rings. The Bertz CT molecular complexity index is 856. The lowest BCUT2D eigenvalue weighted by Crippen LogP contribution is -2.26. The molecule has 0 aliphatic carbocycles. The zero-order valence-corrected chi connectivity index (χ0v) is 14.2. The van der Waals surface area contributed by atoms with Gasteiger partial charge in [-0.25, -0.2) is 9.97 Å². The molecule has 6 nitrogen and oxygen atoms in total. The number of aromatic nitrogens is 2. The molecule has 6 heteroatoms. The first-order chi connectivity index (χ1) is 12.2. The van der Waals surface area contributed by atoms with Crippen molar-refractivity contribution in [3.63, 3.8) is 0 Å². The summed E-state index contributed by atoms with van der Waals surface area (Å²) in [5.41, 5.74) is 3.31. The number of oxazole rings is 1. The summed E-state index contributed by atoms with van der Waals surface area (Å²) in [6, 6.07) is 11.3. The van der Waals surface area contributed by atoms with Crippen LogP contribution in [0.1, 0.15) is 21.6 Å². The van der Waals surface area contributed by atoms with Crippen LogP contribution in [0.25, 0.3) is 11.5 Å². The van der Waals surface area contributed by atoms with Crippen LogP contribution >= 0.6 is 0 Å². The fraction of sp³-hybridized carbons (Fsp3) is 0.211. The minimum Gasteiger partial charge on any atom is -0.480 e. The molecule has 0 aliphatic heterocycles. The second-order valence-electron chi connectivity index (χ2n) is 5.58. The molecule has 25 heavy (non-hydrogen) atoms. The van der Waals surface area contributed by atoms with Gasteiger partial charge in [-0.05, 0) is 31.2 Å². The van der Waals surface area contributed by atoms with Crippen LogP contribution in [0.3, 0.4) is 0 Å². The molecule has 3 rings (SSSR count). The van der Waals surface area contributed by atoms with Gasteiger partial charge in [0, 0.05) is 24.7 Å². The predicted molar refractivity (Wildman–Crippen MR) is 93.5 cm³/mol. The molecule has 0 saturated heterocycles. The van der Waals surface area contributed by atoms with E-state index in [2.05, 4.69) is 15.3 Å². The summed E-state index contributed by atoms with van der Waals surface area (Å²) in [7, 11) is 1.49. The molecule has 0 saturated carbocycles. The summed E-state index contributed by atoms with van der Waals surface area (Å²) in [4.78, 5) is 20.7. The third kappa shape index (κ3) is 4.03. The normalized spacial score (nSPS) is 10.5. The van der Waals surface area contributed by atoms with Gasteiger partial charge in [-0.3, -0.25) is 4.79 Å². The largest absolute Gasteiger partial charge is 0.480 e. The first-order valence-corrected chi connectivity index (χ1v) is 7.96. The number of methoxy groups -OCH3 is 1. The molecule has 0 aliphatic rings. The number of aryl methyl sites for hydroxylation is 1. The fourth-order valence-electron chi connectivity index (χ4n) is 2.38. The standard InChI is InChI=1S/C19H19N3O3/c1-13-5-7-14(8-6-13)18-22-15(12-25-18)9-11-20-17(23)16-4-3-10-21-19(16)24-2/h3-8,10,12H,9,11H2,1-2H3,(H,20,23). The number of nitrogens with one attached hydrogen (secondary N) is 1. The van der Waals surface area contributed by atoms with Crippen molar-refractivity contribution < 1.29 is 13.9 Å². The molecule has 0 atom stereocenters. The Labute approximate surface area is 145 Å². The van der Waals surface area contributed by atoms with Crippen LogP contribution in [-0.2, 0) is 6.42 Å². The molecular weight excluding hydrogens is 318 g/mol. The molecule has 0 fully saturated rings. The van der Waals surface area contributed by atoms with Crippen LogP contribution in [-0.4, -0.2) is 29.5 Å². The van der Waals surface area contributed by atoms with E-state index in [0.717, 1.165) is 11.3 Å². The van der Waals surface area contributed by atoms with Crippen molar-refractivity contribution >= 4 is 5.91 Å². The molecule has 1 N–H and O–H groups in total. The minimum atomic E-state index is -0.229. The Morgan fingerprint density at radius 3 is 2.80 bits per heavy atom. The Morgan fingerprint density at radius 2 is 2.04 bits per heavy atom. The first kappa shape index (κ1) is 16.7. The van der Waals surface area contributed by atoms with Crippen LogP contribution in [0.15, 0.2) is 53.3 Å². The summed E-state index contributed by atoms with van der Waals surface area (Å²) in [5, 5.41) is 2.84. The van der Waals surface area contributed by atoms with Crippen LogP contribution in [0, 0.1) is 6.92 Å². The first-order valence-electron chi connectivity index (χ1n) is 7.96. The van der Waals surface area contributed by atoms with Crippen LogP contribution < -0.4 is 10.1 Å². The number of amides is 1. The summed E-state index contributed by atoms with van der Waals surface area (Å²) >= 11 is 0. The smallest absolute Gasteiger partial charge is 0.256 e. The third-order valence-electron chi connectivity index (χ3n) is 3.73. The highest BCUT2D eigenvalue weighted by atomic mass is 16.5. The lowest BCUT2D eigenvalue weighted by Gasteiger charge is -2.07. The minimum absolute atomic E-state index is 0.229. The second kappa shape index (κ2) is 7.61. The molecule has 0 radical (unpaired) electrons. The predicted octanol–water partition coefficient (Wildman–Crippen LogP) is 3.03. The molecule has 1 aromatic carbocycles. The van der Waals surface area contributed by atoms with Gasteiger partial charge in [0.15, 0.2) is 0 Å². The van der Waals surface area contributed by atoms with E-state index in [0.29, 0.717) is 30.3 Å². The van der Waals surface area contributed by atoms with Crippen molar-refractivity contribution in [3.05, 3.63) is 65.7 Å². The van der Waals surface area contributed by atoms with E-state index in [1.54, 1.807) is 24.6 Å². The van der Waals surface area contributed by atoms with Crippen LogP contribution in [0.5, 0.6) is 5.88 Å². The van der Waals surface area contributed by atoms with Gasteiger partial charge < -0.3 is 14.5 Å². The average Bonchev–Trinajstić information content (AvgIpc) is 3.11. The van der Waals surface area contributed by atoms with E-state index >= 15 is 0 Å². The summed E-state index contributed by atoms with van der Waals surface area (Å²) in [6.45, 7) is 2.47. The number of carbonyl (C=O) groups is 1. The highest BCUT2D eigenvalue weighted by Crippen LogP contribution is 2.19. The number of ether oxygens (including phenoxy) is 1. The van der Waals surface area contributed by atoms with Crippen LogP contribution in [0.4, 0.5) is 0 Å². The molecule has 128 valence electrons. The number of pyridine rings is 1. The average molecular weight is 337 g/mol. The zero-order valence-electron chi connectivity index (χ0n) is 14.2. The molecule has 1 amide bonds. The maximum absolute atomic E-state index is 12.2. The number of nitrogens with zero attached hydrogens (tertiary/aromatic N) is 2. The number of carbonyl (C=O) groups excluding carboxylic acids is 1. The molecule has 0 bridgehead atoms. The van der Waals surface area contributed by atoms with E-state index in [1.807, 2.05) is 31.2 Å². The van der Waals surface area contributed by atoms with Gasteiger partial charge in [0.05, 0.1) is 12.8 Å². The Morgan fingerprint density at radius 1 is 1.24 bits per heavy atom. The Hall–Kier alpha value is -3.15. The van der Waals surface area contributed by atoms with Crippen molar-refractivity contribution in [1.29, 1.82) is 0 Å². The van der Waals surface area contributed by atoms with E-state index in [1.165, 1.54) is 12.7 Å². The number of hydrogen-bond acceptors (Lipinski definition) is 5. The fourth-order valence-corrected chi connectivity index (χ4v) is 2.38. The molecule has 0 spiro atoms. The van der Waals surface area contributed by atoms with Gasteiger partial charge in [-0.1, -0.05) is 17.7 Å². The van der Waals surface area contributed by atoms with E-state index in [-0.39, 0.29) is 5.91 Å². The lowest BCUT2D eigenvalue weighted by atomic mass is 10.1. The second-order valence-corrected chi connectivity index (χ2v) is 5.58. The maximum atomic E-state index is 12.2. The van der Waals surface area contributed by atoms with Crippen molar-refractivity contribution in [2.75, 3.05) is 13.7 Å². The van der Waals surface area contributed by atoms with Crippen molar-refractivity contribution in [2.45, 2.75) is 13.3 Å². The highest BCUT2D eigenvalue weighted by molar-refractivity contribution is 5.96. The summed E-state index contributed by atoms with van der Waals surface area (Å²) in [6.07, 6.45) is 3.77. The van der Waals surface area contributed by atoms with Crippen LogP contribution in [0.2, 0.25) is 0 Å². The molecular formula is C19H19N3O3. The highest BCUT2D eigenvalue weighted by Gasteiger charge is 2.12. The SMILES string of the molecule is COc1ncccc1C(=O)NCCc1coc(-c2ccc(C)cc2)n1. The zero-order chi connectivity index (χ0) is 17.6. The van der Waals surface area contributed by atoms with E-state index in [9.17, 15) is 4.79 Å². The van der Waals surface area contributed by atoms with Gasteiger partial charge in [-0.2, -0.15) is 0 Å². The Balaban J connectivity index is 1.57. The number of hydrogen-bond donors (Lipinski definition) is 1. The van der Waals surface area contributed by atoms with Crippen molar-refractivity contribution in [1.82, 2.24) is 15.3 Å². The van der Waals surface area contributed by atoms with Gasteiger partial charge in [0.25, 0.3) is 5.91 Å². The van der Waals surface area contributed by atoms with Crippen molar-refractivity contribution in [3.8, 4) is 17.3 Å². The monoisotopic (exact) mass is 337 g/mol. The van der Waals surface area contributed by atoms with E-state index < -0.39 is 0 Å². The molecule has 2 heterocycles. The Kier molecular flexibility index (Phi) is 5.09. The maximum Gasteiger partial charge on any atom is 0.256 e. The number of benzene rings is 1. The van der Waals surface area contributed by atoms with Crippen molar-refractivity contribution in [2.24, 2.45) is 0 Å². The summed E-state index contributed by atoms with van der Waals surface area (Å²) in [5.74, 6) is 0.658. The molecule has 2 aromatic heterocycles. The third-order valence-corrected chi connectivity index (χ3v) is 3.73. The van der Waals surface area contributed by atoms with Gasteiger partial charge in [0.2, 0.25) is 11.8 Å². The van der Waals surface area contributed by atoms with Gasteiger partial charge >= 0.3 is 0 Å². The summed E-state index contributed by atoms with van der Waals surface area (Å²) < 4.78 is 10.6. The molecule has 0 unspecified atom stereocenters. The lowest BCUT2D eigenvalue weighted by molar-refractivity contribution is 0.0950. The van der Waals surface area contributed by atoms with E-state index in [4.69, 9.17) is 9.15 Å². The van der Waals surface area contributed by atoms with Gasteiger partial charge in [-0.15, -0.1) is 0 Å². The number of rotatable bonds is 6. The topological polar surface area (TPSA) is 77.2 Å².